The topological polar surface area (TPSA) is 62.1 Å². The van der Waals surface area contributed by atoms with E-state index < -0.39 is 6.09 Å². The van der Waals surface area contributed by atoms with Crippen LogP contribution in [0.25, 0.3) is 0 Å². The number of carbonyl (C=O) groups excluding carboxylic acids is 1. The highest BCUT2D eigenvalue weighted by Crippen LogP contribution is 2.26. The summed E-state index contributed by atoms with van der Waals surface area (Å²) in [4.78, 5) is 11.9. The molecule has 0 atom stereocenters. The molecule has 1 aromatic rings. The molecule has 0 aromatic heterocycles. The Hall–Kier alpha value is -1.67. The van der Waals surface area contributed by atoms with Crippen molar-refractivity contribution in [1.82, 2.24) is 0 Å². The number of para-hydroxylation sites is 1. The number of ether oxygens (including phenoxy) is 1. The van der Waals surface area contributed by atoms with Crippen LogP contribution in [0.3, 0.4) is 0 Å². The zero-order valence-corrected chi connectivity index (χ0v) is 9.00. The third-order valence-electron chi connectivity index (χ3n) is 1.60. The maximum Gasteiger partial charge on any atom is 0.411 e. The molecule has 78 valence electrons. The SMILES string of the molecule is COC(=O)Nc1ccccc1SCC#N. The Bertz CT molecular complexity index is 387. The van der Waals surface area contributed by atoms with Crippen molar-refractivity contribution in [3.8, 4) is 6.07 Å². The first-order valence-electron chi connectivity index (χ1n) is 4.21. The predicted octanol–water partition coefficient (Wildman–Crippen LogP) is 2.48. The Morgan fingerprint density at radius 2 is 2.33 bits per heavy atom. The second-order valence-electron chi connectivity index (χ2n) is 2.56. The Labute approximate surface area is 92.2 Å². The minimum absolute atomic E-state index is 0.347. The first-order valence-corrected chi connectivity index (χ1v) is 5.20. The summed E-state index contributed by atoms with van der Waals surface area (Å²) in [7, 11) is 1.31. The van der Waals surface area contributed by atoms with E-state index in [4.69, 9.17) is 5.26 Å². The summed E-state index contributed by atoms with van der Waals surface area (Å²) in [5.41, 5.74) is 0.657. The van der Waals surface area contributed by atoms with E-state index in [1.54, 1.807) is 6.07 Å². The number of thioether (sulfide) groups is 1. The zero-order chi connectivity index (χ0) is 11.1. The maximum absolute atomic E-state index is 11.0. The van der Waals surface area contributed by atoms with Crippen molar-refractivity contribution in [2.24, 2.45) is 0 Å². The Morgan fingerprint density at radius 1 is 1.60 bits per heavy atom. The highest BCUT2D eigenvalue weighted by Gasteiger charge is 2.05. The van der Waals surface area contributed by atoms with Gasteiger partial charge < -0.3 is 4.74 Å². The van der Waals surface area contributed by atoms with Gasteiger partial charge in [-0.05, 0) is 12.1 Å². The summed E-state index contributed by atoms with van der Waals surface area (Å²) in [6, 6.07) is 9.29. The Kier molecular flexibility index (Phi) is 4.51. The van der Waals surface area contributed by atoms with Crippen LogP contribution < -0.4 is 5.32 Å². The lowest BCUT2D eigenvalue weighted by Crippen LogP contribution is -2.11. The first-order chi connectivity index (χ1) is 7.27. The highest BCUT2D eigenvalue weighted by atomic mass is 32.2. The van der Waals surface area contributed by atoms with Crippen molar-refractivity contribution in [3.05, 3.63) is 24.3 Å². The minimum Gasteiger partial charge on any atom is -0.453 e. The summed E-state index contributed by atoms with van der Waals surface area (Å²) in [6.07, 6.45) is -0.514. The second-order valence-corrected chi connectivity index (χ2v) is 3.58. The van der Waals surface area contributed by atoms with Gasteiger partial charge in [0.25, 0.3) is 0 Å². The van der Waals surface area contributed by atoms with Crippen LogP contribution in [0.5, 0.6) is 0 Å². The van der Waals surface area contributed by atoms with E-state index in [0.29, 0.717) is 11.4 Å². The molecular formula is C10H10N2O2S. The largest absolute Gasteiger partial charge is 0.453 e. The molecule has 0 heterocycles. The quantitative estimate of drug-likeness (QED) is 0.798. The van der Waals surface area contributed by atoms with E-state index >= 15 is 0 Å². The van der Waals surface area contributed by atoms with Crippen molar-refractivity contribution in [2.45, 2.75) is 4.90 Å². The predicted molar refractivity (Wildman–Crippen MR) is 58.8 cm³/mol. The van der Waals surface area contributed by atoms with Gasteiger partial charge >= 0.3 is 6.09 Å². The molecule has 0 saturated heterocycles. The molecular weight excluding hydrogens is 212 g/mol. The number of nitrogens with zero attached hydrogens (tertiary/aromatic N) is 1. The number of nitriles is 1. The van der Waals surface area contributed by atoms with E-state index in [2.05, 4.69) is 10.1 Å². The van der Waals surface area contributed by atoms with Crippen molar-refractivity contribution >= 4 is 23.5 Å². The van der Waals surface area contributed by atoms with Crippen molar-refractivity contribution in [3.63, 3.8) is 0 Å². The standard InChI is InChI=1S/C10H10N2O2S/c1-14-10(13)12-8-4-2-3-5-9(8)15-7-6-11/h2-5H,7H2,1H3,(H,12,13). The molecule has 1 aromatic carbocycles. The highest BCUT2D eigenvalue weighted by molar-refractivity contribution is 7.99. The van der Waals surface area contributed by atoms with Crippen LogP contribution in [0.15, 0.2) is 29.2 Å². The third-order valence-corrected chi connectivity index (χ3v) is 2.54. The molecule has 0 unspecified atom stereocenters. The molecule has 4 nitrogen and oxygen atoms in total. The van der Waals surface area contributed by atoms with Crippen molar-refractivity contribution in [2.75, 3.05) is 18.2 Å². The molecule has 1 rings (SSSR count). The molecule has 0 saturated carbocycles. The van der Waals surface area contributed by atoms with Crippen LogP contribution in [-0.4, -0.2) is 19.0 Å². The number of amides is 1. The van der Waals surface area contributed by atoms with Gasteiger partial charge in [-0.1, -0.05) is 12.1 Å². The number of methoxy groups -OCH3 is 1. The molecule has 1 amide bonds. The second kappa shape index (κ2) is 5.94. The lowest BCUT2D eigenvalue weighted by molar-refractivity contribution is 0.187. The lowest BCUT2D eigenvalue weighted by Gasteiger charge is -2.07. The first kappa shape index (κ1) is 11.4. The van der Waals surface area contributed by atoms with Gasteiger partial charge in [-0.15, -0.1) is 11.8 Å². The fraction of sp³-hybridized carbons (Fsp3) is 0.200. The molecule has 0 bridgehead atoms. The van der Waals surface area contributed by atoms with E-state index in [1.165, 1.54) is 18.9 Å². The summed E-state index contributed by atoms with van der Waals surface area (Å²) < 4.78 is 4.49. The Balaban J connectivity index is 2.77. The average molecular weight is 222 g/mol. The average Bonchev–Trinajstić information content (AvgIpc) is 2.28. The number of carbonyl (C=O) groups is 1. The molecule has 15 heavy (non-hydrogen) atoms. The third kappa shape index (κ3) is 3.52. The van der Waals surface area contributed by atoms with Gasteiger partial charge in [-0.25, -0.2) is 4.79 Å². The number of anilines is 1. The Morgan fingerprint density at radius 3 is 3.00 bits per heavy atom. The van der Waals surface area contributed by atoms with Crippen LogP contribution in [0.2, 0.25) is 0 Å². The maximum atomic E-state index is 11.0. The van der Waals surface area contributed by atoms with Crippen molar-refractivity contribution in [1.29, 1.82) is 5.26 Å². The van der Waals surface area contributed by atoms with Gasteiger partial charge in [-0.2, -0.15) is 5.26 Å². The molecule has 0 aliphatic carbocycles. The van der Waals surface area contributed by atoms with Crippen LogP contribution in [0.1, 0.15) is 0 Å². The normalized spacial score (nSPS) is 9.07. The number of nitrogens with one attached hydrogen (secondary N) is 1. The molecule has 5 heteroatoms. The number of hydrogen-bond acceptors (Lipinski definition) is 4. The van der Waals surface area contributed by atoms with Crippen LogP contribution in [0, 0.1) is 11.3 Å². The van der Waals surface area contributed by atoms with E-state index in [-0.39, 0.29) is 0 Å². The minimum atomic E-state index is -0.514. The lowest BCUT2D eigenvalue weighted by atomic mass is 10.3. The number of benzene rings is 1. The van der Waals surface area contributed by atoms with Gasteiger partial charge in [0.05, 0.1) is 24.6 Å². The smallest absolute Gasteiger partial charge is 0.411 e. The molecule has 0 fully saturated rings. The van der Waals surface area contributed by atoms with Gasteiger partial charge in [0, 0.05) is 4.90 Å². The van der Waals surface area contributed by atoms with Gasteiger partial charge in [0.2, 0.25) is 0 Å². The molecule has 0 aliphatic heterocycles. The monoisotopic (exact) mass is 222 g/mol. The molecule has 0 spiro atoms. The summed E-state index contributed by atoms with van der Waals surface area (Å²) in [6.45, 7) is 0. The van der Waals surface area contributed by atoms with Crippen LogP contribution >= 0.6 is 11.8 Å². The fourth-order valence-electron chi connectivity index (χ4n) is 0.967. The van der Waals surface area contributed by atoms with Gasteiger partial charge in [0.1, 0.15) is 0 Å². The fourth-order valence-corrected chi connectivity index (χ4v) is 1.64. The van der Waals surface area contributed by atoms with Crippen LogP contribution in [-0.2, 0) is 4.74 Å². The van der Waals surface area contributed by atoms with Crippen molar-refractivity contribution < 1.29 is 9.53 Å². The van der Waals surface area contributed by atoms with E-state index in [1.807, 2.05) is 24.3 Å². The summed E-state index contributed by atoms with van der Waals surface area (Å²) in [5, 5.41) is 11.0. The summed E-state index contributed by atoms with van der Waals surface area (Å²) >= 11 is 1.37. The number of rotatable bonds is 3. The number of hydrogen-bond donors (Lipinski definition) is 1. The van der Waals surface area contributed by atoms with Gasteiger partial charge in [0.15, 0.2) is 0 Å². The molecule has 1 N–H and O–H groups in total. The zero-order valence-electron chi connectivity index (χ0n) is 8.19. The summed E-state index contributed by atoms with van der Waals surface area (Å²) in [5.74, 6) is 0.347. The van der Waals surface area contributed by atoms with Gasteiger partial charge in [-0.3, -0.25) is 5.32 Å². The molecule has 0 aliphatic rings. The van der Waals surface area contributed by atoms with Crippen LogP contribution in [0.4, 0.5) is 10.5 Å². The molecule has 0 radical (unpaired) electrons. The van der Waals surface area contributed by atoms with E-state index in [0.717, 1.165) is 4.90 Å². The van der Waals surface area contributed by atoms with E-state index in [9.17, 15) is 4.79 Å².